The van der Waals surface area contributed by atoms with Crippen molar-refractivity contribution in [2.45, 2.75) is 23.5 Å². The molecule has 2 heterocycles. The van der Waals surface area contributed by atoms with Crippen LogP contribution < -0.4 is 0 Å². The van der Waals surface area contributed by atoms with Crippen molar-refractivity contribution < 1.29 is 18.3 Å². The molecule has 5 heteroatoms. The Morgan fingerprint density at radius 3 is 2.50 bits per heavy atom. The van der Waals surface area contributed by atoms with Crippen LogP contribution in [0, 0.1) is 5.92 Å². The largest absolute Gasteiger partial charge is 0.374 e. The van der Waals surface area contributed by atoms with Gasteiger partial charge in [0.1, 0.15) is 0 Å². The van der Waals surface area contributed by atoms with E-state index in [9.17, 15) is 8.78 Å². The topological polar surface area (TPSA) is 18.5 Å². The van der Waals surface area contributed by atoms with Crippen molar-refractivity contribution in [3.8, 4) is 0 Å². The van der Waals surface area contributed by atoms with Crippen LogP contribution in [0.3, 0.4) is 0 Å². The van der Waals surface area contributed by atoms with E-state index in [1.165, 1.54) is 0 Å². The van der Waals surface area contributed by atoms with Crippen molar-refractivity contribution in [1.29, 1.82) is 0 Å². The molecule has 0 bridgehead atoms. The minimum Gasteiger partial charge on any atom is -0.374 e. The fourth-order valence-electron chi connectivity index (χ4n) is 1.70. The Bertz CT molecular complexity index is 179. The summed E-state index contributed by atoms with van der Waals surface area (Å²) in [7, 11) is 0. The molecule has 0 saturated carbocycles. The predicted molar refractivity (Wildman–Crippen MR) is 41.7 cm³/mol. The Hall–Kier alpha value is 0.260. The average Bonchev–Trinajstić information content (AvgIpc) is 2.53. The van der Waals surface area contributed by atoms with Crippen LogP contribution in [0.1, 0.15) is 0 Å². The Labute approximate surface area is 77.3 Å². The normalized spacial score (nSPS) is 47.0. The second-order valence-electron chi connectivity index (χ2n) is 3.11. The van der Waals surface area contributed by atoms with Crippen molar-refractivity contribution in [3.63, 3.8) is 0 Å². The molecule has 2 aliphatic rings. The molecular weight excluding hydrogens is 234 g/mol. The summed E-state index contributed by atoms with van der Waals surface area (Å²) < 4.78 is 35.1. The Kier molecular flexibility index (Phi) is 2.35. The van der Waals surface area contributed by atoms with Gasteiger partial charge < -0.3 is 9.47 Å². The second kappa shape index (κ2) is 3.20. The quantitative estimate of drug-likeness (QED) is 0.648. The Morgan fingerprint density at radius 1 is 1.17 bits per heavy atom. The SMILES string of the molecule is FC(F)[C@@H]1CO[C@H]2[C@@H]1OC[C@@H]2Br. The van der Waals surface area contributed by atoms with E-state index in [2.05, 4.69) is 15.9 Å². The van der Waals surface area contributed by atoms with Gasteiger partial charge in [-0.3, -0.25) is 0 Å². The third-order valence-electron chi connectivity index (χ3n) is 2.35. The standard InChI is InChI=1S/C7H9BrF2O2/c8-4-2-12-5-3(7(9)10)1-11-6(4)5/h3-7H,1-2H2/t3-,4+,5-,6-/m1/s1. The summed E-state index contributed by atoms with van der Waals surface area (Å²) in [6.45, 7) is 0.591. The van der Waals surface area contributed by atoms with Crippen LogP contribution in [-0.4, -0.2) is 36.7 Å². The van der Waals surface area contributed by atoms with Gasteiger partial charge in [0.25, 0.3) is 0 Å². The molecule has 2 aliphatic heterocycles. The van der Waals surface area contributed by atoms with Gasteiger partial charge >= 0.3 is 0 Å². The van der Waals surface area contributed by atoms with E-state index in [1.54, 1.807) is 0 Å². The van der Waals surface area contributed by atoms with E-state index in [4.69, 9.17) is 9.47 Å². The molecule has 0 radical (unpaired) electrons. The molecule has 2 saturated heterocycles. The van der Waals surface area contributed by atoms with Crippen molar-refractivity contribution in [1.82, 2.24) is 0 Å². The van der Waals surface area contributed by atoms with Gasteiger partial charge in [0, 0.05) is 0 Å². The summed E-state index contributed by atoms with van der Waals surface area (Å²) in [6, 6.07) is 0. The molecule has 12 heavy (non-hydrogen) atoms. The van der Waals surface area contributed by atoms with Gasteiger partial charge in [-0.05, 0) is 0 Å². The molecule has 0 amide bonds. The first-order valence-electron chi connectivity index (χ1n) is 3.85. The number of halogens is 3. The molecule has 0 aromatic heterocycles. The Balaban J connectivity index is 2.05. The maximum Gasteiger partial charge on any atom is 0.246 e. The second-order valence-corrected chi connectivity index (χ2v) is 4.29. The lowest BCUT2D eigenvalue weighted by atomic mass is 10.0. The monoisotopic (exact) mass is 242 g/mol. The highest BCUT2D eigenvalue weighted by atomic mass is 79.9. The molecular formula is C7H9BrF2O2. The third kappa shape index (κ3) is 1.28. The van der Waals surface area contributed by atoms with Crippen LogP contribution in [0.2, 0.25) is 0 Å². The highest BCUT2D eigenvalue weighted by molar-refractivity contribution is 9.09. The highest BCUT2D eigenvalue weighted by Gasteiger charge is 2.49. The summed E-state index contributed by atoms with van der Waals surface area (Å²) in [4.78, 5) is 0.0752. The zero-order chi connectivity index (χ0) is 8.72. The van der Waals surface area contributed by atoms with Crippen LogP contribution in [0.15, 0.2) is 0 Å². The molecule has 0 aliphatic carbocycles. The predicted octanol–water partition coefficient (Wildman–Crippen LogP) is 1.43. The van der Waals surface area contributed by atoms with Gasteiger partial charge in [-0.2, -0.15) is 0 Å². The number of ether oxygens (including phenoxy) is 2. The number of hydrogen-bond acceptors (Lipinski definition) is 2. The summed E-state index contributed by atoms with van der Waals surface area (Å²) in [5.74, 6) is -0.738. The number of hydrogen-bond donors (Lipinski definition) is 0. The van der Waals surface area contributed by atoms with Crippen LogP contribution >= 0.6 is 15.9 Å². The fraction of sp³-hybridized carbons (Fsp3) is 1.00. The van der Waals surface area contributed by atoms with Crippen molar-refractivity contribution in [3.05, 3.63) is 0 Å². The first kappa shape index (κ1) is 8.84. The van der Waals surface area contributed by atoms with E-state index >= 15 is 0 Å². The highest BCUT2D eigenvalue weighted by Crippen LogP contribution is 2.36. The summed E-state index contributed by atoms with van der Waals surface area (Å²) in [5.41, 5.74) is 0. The minimum atomic E-state index is -2.34. The van der Waals surface area contributed by atoms with Gasteiger partial charge in [0.05, 0.1) is 36.2 Å². The van der Waals surface area contributed by atoms with E-state index in [0.717, 1.165) is 0 Å². The van der Waals surface area contributed by atoms with Crippen LogP contribution in [0.5, 0.6) is 0 Å². The maximum absolute atomic E-state index is 12.3. The zero-order valence-electron chi connectivity index (χ0n) is 6.25. The van der Waals surface area contributed by atoms with Crippen molar-refractivity contribution in [2.24, 2.45) is 5.92 Å². The molecule has 2 nitrogen and oxygen atoms in total. The summed E-state index contributed by atoms with van der Waals surface area (Å²) in [5, 5.41) is 0. The molecule has 0 unspecified atom stereocenters. The van der Waals surface area contributed by atoms with Crippen LogP contribution in [0.25, 0.3) is 0 Å². The van der Waals surface area contributed by atoms with Gasteiger partial charge in [-0.25, -0.2) is 8.78 Å². The molecule has 0 aromatic rings. The van der Waals surface area contributed by atoms with E-state index in [0.29, 0.717) is 6.61 Å². The lowest BCUT2D eigenvalue weighted by molar-refractivity contribution is -0.00460. The molecule has 0 aromatic carbocycles. The Morgan fingerprint density at radius 2 is 1.83 bits per heavy atom. The van der Waals surface area contributed by atoms with Gasteiger partial charge in [0.2, 0.25) is 6.43 Å². The molecule has 2 fully saturated rings. The summed E-state index contributed by atoms with van der Waals surface area (Å²) >= 11 is 3.33. The van der Waals surface area contributed by atoms with Gasteiger partial charge in [-0.15, -0.1) is 0 Å². The maximum atomic E-state index is 12.3. The molecule has 2 rings (SSSR count). The van der Waals surface area contributed by atoms with Crippen molar-refractivity contribution in [2.75, 3.05) is 13.2 Å². The molecule has 70 valence electrons. The first-order valence-corrected chi connectivity index (χ1v) is 4.77. The number of fused-ring (bicyclic) bond motifs is 1. The summed E-state index contributed by atoms with van der Waals surface area (Å²) in [6.07, 6.45) is -2.92. The smallest absolute Gasteiger partial charge is 0.246 e. The number of rotatable bonds is 1. The minimum absolute atomic E-state index is 0.0752. The van der Waals surface area contributed by atoms with E-state index in [-0.39, 0.29) is 17.5 Å². The fourth-order valence-corrected chi connectivity index (χ4v) is 2.30. The first-order chi connectivity index (χ1) is 5.70. The van der Waals surface area contributed by atoms with Gasteiger partial charge in [-0.1, -0.05) is 15.9 Å². The molecule has 4 atom stereocenters. The third-order valence-corrected chi connectivity index (χ3v) is 3.14. The van der Waals surface area contributed by atoms with Gasteiger partial charge in [0.15, 0.2) is 0 Å². The lowest BCUT2D eigenvalue weighted by Gasteiger charge is -2.13. The molecule has 0 N–H and O–H groups in total. The average molecular weight is 243 g/mol. The van der Waals surface area contributed by atoms with Crippen molar-refractivity contribution >= 4 is 15.9 Å². The number of alkyl halides is 3. The lowest BCUT2D eigenvalue weighted by Crippen LogP contribution is -2.29. The molecule has 0 spiro atoms. The zero-order valence-corrected chi connectivity index (χ0v) is 7.84. The van der Waals surface area contributed by atoms with Crippen LogP contribution in [-0.2, 0) is 9.47 Å². The van der Waals surface area contributed by atoms with Crippen LogP contribution in [0.4, 0.5) is 8.78 Å². The van der Waals surface area contributed by atoms with E-state index in [1.807, 2.05) is 0 Å². The van der Waals surface area contributed by atoms with E-state index < -0.39 is 18.4 Å².